The Bertz CT molecular complexity index is 430. The summed E-state index contributed by atoms with van der Waals surface area (Å²) in [7, 11) is 1.43. The van der Waals surface area contributed by atoms with Crippen LogP contribution in [-0.2, 0) is 4.79 Å². The van der Waals surface area contributed by atoms with Crippen molar-refractivity contribution >= 4 is 21.9 Å². The molecule has 6 heteroatoms. The van der Waals surface area contributed by atoms with E-state index in [4.69, 9.17) is 9.84 Å². The molecule has 0 heterocycles. The maximum absolute atomic E-state index is 10.6. The zero-order valence-corrected chi connectivity index (χ0v) is 10.3. The van der Waals surface area contributed by atoms with Gasteiger partial charge in [0.05, 0.1) is 11.6 Å². The van der Waals surface area contributed by atoms with Gasteiger partial charge in [0.25, 0.3) is 0 Å². The zero-order valence-electron chi connectivity index (χ0n) is 8.69. The molecule has 0 fully saturated rings. The molecule has 1 rings (SSSR count). The molecule has 0 radical (unpaired) electrons. The van der Waals surface area contributed by atoms with E-state index in [-0.39, 0.29) is 11.3 Å². The molecule has 5 nitrogen and oxygen atoms in total. The molecule has 0 bridgehead atoms. The normalized spacial score (nSPS) is 12.2. The van der Waals surface area contributed by atoms with Crippen molar-refractivity contribution in [2.24, 2.45) is 0 Å². The summed E-state index contributed by atoms with van der Waals surface area (Å²) in [5.74, 6) is -1.31. The smallest absolute Gasteiger partial charge is 0.337 e. The summed E-state index contributed by atoms with van der Waals surface area (Å²) in [5, 5.41) is 27.8. The van der Waals surface area contributed by atoms with E-state index in [1.54, 1.807) is 6.92 Å². The molecule has 0 aliphatic carbocycles. The molecule has 0 amide bonds. The van der Waals surface area contributed by atoms with Gasteiger partial charge in [0.1, 0.15) is 11.5 Å². The van der Waals surface area contributed by atoms with Crippen molar-refractivity contribution < 1.29 is 24.9 Å². The minimum Gasteiger partial charge on any atom is -0.507 e. The van der Waals surface area contributed by atoms with Crippen LogP contribution in [0.25, 0.3) is 0 Å². The van der Waals surface area contributed by atoms with Crippen LogP contribution in [0, 0.1) is 6.92 Å². The van der Waals surface area contributed by atoms with Crippen molar-refractivity contribution in [1.82, 2.24) is 0 Å². The summed E-state index contributed by atoms with van der Waals surface area (Å²) in [5.41, 5.74) is 0.296. The van der Waals surface area contributed by atoms with Gasteiger partial charge in [0, 0.05) is 11.1 Å². The second-order valence-corrected chi connectivity index (χ2v) is 4.05. The molecule has 1 atom stereocenters. The molecule has 1 aromatic carbocycles. The molecular formula is C10H11BrO5. The Labute approximate surface area is 100 Å². The number of benzene rings is 1. The summed E-state index contributed by atoms with van der Waals surface area (Å²) in [6.07, 6.45) is -1.76. The lowest BCUT2D eigenvalue weighted by Crippen LogP contribution is -2.11. The third-order valence-electron chi connectivity index (χ3n) is 2.20. The number of carboxylic acids is 1. The summed E-state index contributed by atoms with van der Waals surface area (Å²) in [4.78, 5) is 10.6. The van der Waals surface area contributed by atoms with E-state index in [0.717, 1.165) is 0 Å². The van der Waals surface area contributed by atoms with Crippen molar-refractivity contribution in [3.63, 3.8) is 0 Å². The lowest BCUT2D eigenvalue weighted by atomic mass is 10.0. The monoisotopic (exact) mass is 290 g/mol. The Morgan fingerprint density at radius 1 is 1.56 bits per heavy atom. The van der Waals surface area contributed by atoms with Crippen LogP contribution in [0.4, 0.5) is 0 Å². The van der Waals surface area contributed by atoms with E-state index in [1.807, 2.05) is 0 Å². The molecule has 1 aromatic rings. The Morgan fingerprint density at radius 3 is 2.56 bits per heavy atom. The van der Waals surface area contributed by atoms with Gasteiger partial charge in [-0.2, -0.15) is 0 Å². The number of aromatic hydroxyl groups is 1. The predicted molar refractivity (Wildman–Crippen MR) is 59.7 cm³/mol. The van der Waals surface area contributed by atoms with Gasteiger partial charge < -0.3 is 20.1 Å². The first kappa shape index (κ1) is 12.8. The van der Waals surface area contributed by atoms with Gasteiger partial charge in [0.15, 0.2) is 6.10 Å². The van der Waals surface area contributed by atoms with Crippen LogP contribution in [0.1, 0.15) is 17.2 Å². The third kappa shape index (κ3) is 2.12. The molecule has 0 spiro atoms. The third-order valence-corrected chi connectivity index (χ3v) is 2.79. The van der Waals surface area contributed by atoms with E-state index in [0.29, 0.717) is 15.8 Å². The van der Waals surface area contributed by atoms with Gasteiger partial charge in [-0.05, 0) is 28.9 Å². The lowest BCUT2D eigenvalue weighted by molar-refractivity contribution is -0.147. The van der Waals surface area contributed by atoms with E-state index in [2.05, 4.69) is 15.9 Å². The number of phenols is 1. The lowest BCUT2D eigenvalue weighted by Gasteiger charge is -2.14. The van der Waals surface area contributed by atoms with E-state index < -0.39 is 12.1 Å². The molecule has 88 valence electrons. The number of hydrogen-bond donors (Lipinski definition) is 3. The quantitative estimate of drug-likeness (QED) is 0.787. The molecule has 16 heavy (non-hydrogen) atoms. The van der Waals surface area contributed by atoms with Crippen LogP contribution in [0.2, 0.25) is 0 Å². The van der Waals surface area contributed by atoms with E-state index >= 15 is 0 Å². The number of ether oxygens (including phenoxy) is 1. The maximum atomic E-state index is 10.6. The Morgan fingerprint density at radius 2 is 2.12 bits per heavy atom. The van der Waals surface area contributed by atoms with Crippen molar-refractivity contribution in [3.05, 3.63) is 21.7 Å². The van der Waals surface area contributed by atoms with Crippen LogP contribution < -0.4 is 4.74 Å². The fraction of sp³-hybridized carbons (Fsp3) is 0.300. The minimum absolute atomic E-state index is 0.0716. The Hall–Kier alpha value is -1.27. The molecular weight excluding hydrogens is 280 g/mol. The van der Waals surface area contributed by atoms with Crippen LogP contribution in [-0.4, -0.2) is 28.4 Å². The van der Waals surface area contributed by atoms with Gasteiger partial charge in [-0.25, -0.2) is 4.79 Å². The number of hydrogen-bond acceptors (Lipinski definition) is 4. The topological polar surface area (TPSA) is 87.0 Å². The number of carbonyl (C=O) groups is 1. The predicted octanol–water partition coefficient (Wildman–Crippen LogP) is 1.59. The van der Waals surface area contributed by atoms with Gasteiger partial charge >= 0.3 is 5.97 Å². The van der Waals surface area contributed by atoms with Gasteiger partial charge in [-0.15, -0.1) is 0 Å². The molecule has 1 unspecified atom stereocenters. The minimum atomic E-state index is -1.76. The first-order valence-corrected chi connectivity index (χ1v) is 5.16. The Kier molecular flexibility index (Phi) is 3.77. The molecule has 0 aliphatic heterocycles. The molecule has 0 saturated carbocycles. The van der Waals surface area contributed by atoms with Crippen LogP contribution in [0.15, 0.2) is 10.5 Å². The zero-order chi connectivity index (χ0) is 12.5. The molecule has 0 aromatic heterocycles. The number of rotatable bonds is 3. The average molecular weight is 291 g/mol. The second-order valence-electron chi connectivity index (χ2n) is 3.20. The first-order valence-electron chi connectivity index (χ1n) is 4.37. The SMILES string of the molecule is COc1c(Br)cc(C(O)C(=O)O)c(O)c1C. The largest absolute Gasteiger partial charge is 0.507 e. The number of methoxy groups -OCH3 is 1. The van der Waals surface area contributed by atoms with Crippen molar-refractivity contribution in [2.75, 3.05) is 7.11 Å². The van der Waals surface area contributed by atoms with Crippen molar-refractivity contribution in [1.29, 1.82) is 0 Å². The highest BCUT2D eigenvalue weighted by atomic mass is 79.9. The standard InChI is InChI=1S/C10H11BrO5/c1-4-7(12)5(8(13)10(14)15)3-6(11)9(4)16-2/h3,8,12-13H,1-2H3,(H,14,15). The van der Waals surface area contributed by atoms with Gasteiger partial charge in [0.2, 0.25) is 0 Å². The summed E-state index contributed by atoms with van der Waals surface area (Å²) < 4.78 is 5.49. The van der Waals surface area contributed by atoms with E-state index in [9.17, 15) is 15.0 Å². The maximum Gasteiger partial charge on any atom is 0.337 e. The molecule has 0 aliphatic rings. The molecule has 0 saturated heterocycles. The number of aliphatic hydroxyl groups excluding tert-OH is 1. The number of carboxylic acid groups (broad SMARTS) is 1. The summed E-state index contributed by atoms with van der Waals surface area (Å²) >= 11 is 3.17. The highest BCUT2D eigenvalue weighted by Crippen LogP contribution is 2.39. The fourth-order valence-corrected chi connectivity index (χ4v) is 2.07. The van der Waals surface area contributed by atoms with Crippen molar-refractivity contribution in [2.45, 2.75) is 13.0 Å². The van der Waals surface area contributed by atoms with Gasteiger partial charge in [-0.3, -0.25) is 0 Å². The molecule has 3 N–H and O–H groups in total. The number of aliphatic carboxylic acids is 1. The van der Waals surface area contributed by atoms with Crippen molar-refractivity contribution in [3.8, 4) is 11.5 Å². The number of aliphatic hydroxyl groups is 1. The summed E-state index contributed by atoms with van der Waals surface area (Å²) in [6, 6.07) is 1.32. The highest BCUT2D eigenvalue weighted by Gasteiger charge is 2.23. The first-order chi connectivity index (χ1) is 7.40. The average Bonchev–Trinajstić information content (AvgIpc) is 2.23. The number of phenolic OH excluding ortho intramolecular Hbond substituents is 1. The van der Waals surface area contributed by atoms with Crippen LogP contribution in [0.3, 0.4) is 0 Å². The summed E-state index contributed by atoms with van der Waals surface area (Å²) in [6.45, 7) is 1.57. The number of halogens is 1. The Balaban J connectivity index is 3.39. The van der Waals surface area contributed by atoms with Crippen LogP contribution in [0.5, 0.6) is 11.5 Å². The fourth-order valence-electron chi connectivity index (χ4n) is 1.37. The van der Waals surface area contributed by atoms with E-state index in [1.165, 1.54) is 13.2 Å². The highest BCUT2D eigenvalue weighted by molar-refractivity contribution is 9.10. The van der Waals surface area contributed by atoms with Crippen LogP contribution >= 0.6 is 15.9 Å². The second kappa shape index (κ2) is 4.71. The van der Waals surface area contributed by atoms with Gasteiger partial charge in [-0.1, -0.05) is 0 Å².